The second kappa shape index (κ2) is 6.40. The van der Waals surface area contributed by atoms with Crippen LogP contribution in [0.15, 0.2) is 5.38 Å². The SMILES string of the molecule is Cc1nc(CN(C)C(=O)c2sc(NC(C)C)nc2N)cs1. The largest absolute Gasteiger partial charge is 0.382 e. The zero-order valence-corrected chi connectivity index (χ0v) is 14.1. The molecular formula is C13H19N5OS2. The Morgan fingerprint density at radius 2 is 2.19 bits per heavy atom. The van der Waals surface area contributed by atoms with Crippen LogP contribution in [0.25, 0.3) is 0 Å². The molecule has 2 aromatic heterocycles. The van der Waals surface area contributed by atoms with Gasteiger partial charge >= 0.3 is 0 Å². The molecule has 0 spiro atoms. The normalized spacial score (nSPS) is 10.9. The van der Waals surface area contributed by atoms with E-state index in [4.69, 9.17) is 5.73 Å². The number of nitrogens with zero attached hydrogens (tertiary/aromatic N) is 3. The Bertz CT molecular complexity index is 634. The van der Waals surface area contributed by atoms with Gasteiger partial charge < -0.3 is 16.0 Å². The summed E-state index contributed by atoms with van der Waals surface area (Å²) in [6.07, 6.45) is 0. The Morgan fingerprint density at radius 3 is 2.76 bits per heavy atom. The third-order valence-electron chi connectivity index (χ3n) is 2.67. The van der Waals surface area contributed by atoms with E-state index < -0.39 is 0 Å². The van der Waals surface area contributed by atoms with E-state index in [2.05, 4.69) is 15.3 Å². The van der Waals surface area contributed by atoms with Gasteiger partial charge in [0.15, 0.2) is 5.13 Å². The van der Waals surface area contributed by atoms with Crippen LogP contribution in [0.4, 0.5) is 10.9 Å². The van der Waals surface area contributed by atoms with Crippen molar-refractivity contribution in [3.05, 3.63) is 21.0 Å². The summed E-state index contributed by atoms with van der Waals surface area (Å²) >= 11 is 2.86. The lowest BCUT2D eigenvalue weighted by Gasteiger charge is -2.14. The molecule has 2 aromatic rings. The Labute approximate surface area is 132 Å². The minimum atomic E-state index is -0.132. The van der Waals surface area contributed by atoms with Crippen molar-refractivity contribution >= 4 is 39.5 Å². The van der Waals surface area contributed by atoms with Crippen LogP contribution in [0.1, 0.15) is 34.2 Å². The first-order chi connectivity index (χ1) is 9.86. The molecule has 0 aromatic carbocycles. The number of carbonyl (C=O) groups excluding carboxylic acids is 1. The van der Waals surface area contributed by atoms with Gasteiger partial charge in [0.05, 0.1) is 17.2 Å². The van der Waals surface area contributed by atoms with E-state index in [1.807, 2.05) is 26.2 Å². The number of thiazole rings is 2. The Kier molecular flexibility index (Phi) is 4.79. The van der Waals surface area contributed by atoms with Gasteiger partial charge in [-0.15, -0.1) is 11.3 Å². The molecule has 0 unspecified atom stereocenters. The third-order valence-corrected chi connectivity index (χ3v) is 4.48. The first-order valence-corrected chi connectivity index (χ1v) is 8.25. The van der Waals surface area contributed by atoms with E-state index in [1.165, 1.54) is 11.3 Å². The van der Waals surface area contributed by atoms with E-state index >= 15 is 0 Å². The van der Waals surface area contributed by atoms with Gasteiger partial charge in [0.25, 0.3) is 5.91 Å². The molecule has 114 valence electrons. The first kappa shape index (κ1) is 15.7. The highest BCUT2D eigenvalue weighted by Crippen LogP contribution is 2.27. The molecule has 3 N–H and O–H groups in total. The van der Waals surface area contributed by atoms with Gasteiger partial charge in [0.2, 0.25) is 0 Å². The number of amides is 1. The molecule has 1 amide bonds. The molecule has 0 radical (unpaired) electrons. The molecule has 6 nitrogen and oxygen atoms in total. The molecule has 0 atom stereocenters. The number of hydrogen-bond acceptors (Lipinski definition) is 7. The van der Waals surface area contributed by atoms with Crippen LogP contribution in [-0.2, 0) is 6.54 Å². The average molecular weight is 325 g/mol. The number of hydrogen-bond donors (Lipinski definition) is 2. The summed E-state index contributed by atoms with van der Waals surface area (Å²) in [5.41, 5.74) is 6.74. The maximum Gasteiger partial charge on any atom is 0.267 e. The summed E-state index contributed by atoms with van der Waals surface area (Å²) in [6.45, 7) is 6.43. The van der Waals surface area contributed by atoms with Crippen molar-refractivity contribution in [1.29, 1.82) is 0 Å². The van der Waals surface area contributed by atoms with Crippen LogP contribution in [0.5, 0.6) is 0 Å². The maximum absolute atomic E-state index is 12.4. The van der Waals surface area contributed by atoms with E-state index in [0.717, 1.165) is 10.7 Å². The average Bonchev–Trinajstić information content (AvgIpc) is 2.94. The molecule has 2 heterocycles. The van der Waals surface area contributed by atoms with Gasteiger partial charge in [0, 0.05) is 18.5 Å². The fraction of sp³-hybridized carbons (Fsp3) is 0.462. The van der Waals surface area contributed by atoms with E-state index in [0.29, 0.717) is 16.6 Å². The highest BCUT2D eigenvalue weighted by Gasteiger charge is 2.20. The van der Waals surface area contributed by atoms with Crippen molar-refractivity contribution in [1.82, 2.24) is 14.9 Å². The molecule has 8 heteroatoms. The summed E-state index contributed by atoms with van der Waals surface area (Å²) in [4.78, 5) is 23.1. The quantitative estimate of drug-likeness (QED) is 0.882. The van der Waals surface area contributed by atoms with Crippen LogP contribution in [0, 0.1) is 6.92 Å². The van der Waals surface area contributed by atoms with Gasteiger partial charge in [-0.1, -0.05) is 11.3 Å². The summed E-state index contributed by atoms with van der Waals surface area (Å²) in [6, 6.07) is 0.245. The van der Waals surface area contributed by atoms with Crippen molar-refractivity contribution < 1.29 is 4.79 Å². The van der Waals surface area contributed by atoms with Gasteiger partial charge in [0.1, 0.15) is 10.7 Å². The first-order valence-electron chi connectivity index (χ1n) is 6.56. The van der Waals surface area contributed by atoms with Gasteiger partial charge in [-0.2, -0.15) is 0 Å². The highest BCUT2D eigenvalue weighted by atomic mass is 32.1. The number of aryl methyl sites for hydroxylation is 1. The fourth-order valence-corrected chi connectivity index (χ4v) is 3.39. The van der Waals surface area contributed by atoms with Crippen molar-refractivity contribution in [2.24, 2.45) is 0 Å². The zero-order valence-electron chi connectivity index (χ0n) is 12.5. The standard InChI is InChI=1S/C13H19N5OS2/c1-7(2)15-13-17-11(14)10(21-13)12(19)18(4)5-9-6-20-8(3)16-9/h6-7H,5,14H2,1-4H3,(H,15,17). The molecule has 0 bridgehead atoms. The molecule has 0 saturated heterocycles. The minimum Gasteiger partial charge on any atom is -0.382 e. The number of nitrogens with two attached hydrogens (primary N) is 1. The Hall–Kier alpha value is -1.67. The Balaban J connectivity index is 2.10. The minimum absolute atomic E-state index is 0.132. The summed E-state index contributed by atoms with van der Waals surface area (Å²) in [5, 5.41) is 6.78. The van der Waals surface area contributed by atoms with Crippen LogP contribution < -0.4 is 11.1 Å². The molecule has 0 aliphatic rings. The number of nitrogen functional groups attached to an aromatic ring is 1. The number of aromatic nitrogens is 2. The molecule has 0 aliphatic carbocycles. The lowest BCUT2D eigenvalue weighted by atomic mass is 10.4. The lowest BCUT2D eigenvalue weighted by molar-refractivity contribution is 0.0789. The fourth-order valence-electron chi connectivity index (χ4n) is 1.76. The molecule has 21 heavy (non-hydrogen) atoms. The summed E-state index contributed by atoms with van der Waals surface area (Å²) in [7, 11) is 1.74. The molecule has 2 rings (SSSR count). The number of carbonyl (C=O) groups is 1. The highest BCUT2D eigenvalue weighted by molar-refractivity contribution is 7.18. The van der Waals surface area contributed by atoms with Crippen molar-refractivity contribution in [2.45, 2.75) is 33.4 Å². The van der Waals surface area contributed by atoms with Gasteiger partial charge in [-0.05, 0) is 20.8 Å². The van der Waals surface area contributed by atoms with Gasteiger partial charge in [-0.3, -0.25) is 4.79 Å². The number of nitrogens with one attached hydrogen (secondary N) is 1. The third kappa shape index (κ3) is 3.92. The van der Waals surface area contributed by atoms with Gasteiger partial charge in [-0.25, -0.2) is 9.97 Å². The second-order valence-electron chi connectivity index (χ2n) is 5.05. The topological polar surface area (TPSA) is 84.1 Å². The van der Waals surface area contributed by atoms with E-state index in [9.17, 15) is 4.79 Å². The summed E-state index contributed by atoms with van der Waals surface area (Å²) < 4.78 is 0. The van der Waals surface area contributed by atoms with Crippen molar-refractivity contribution in [2.75, 3.05) is 18.1 Å². The smallest absolute Gasteiger partial charge is 0.267 e. The summed E-state index contributed by atoms with van der Waals surface area (Å²) in [5.74, 6) is 0.141. The van der Waals surface area contributed by atoms with Crippen molar-refractivity contribution in [3.8, 4) is 0 Å². The van der Waals surface area contributed by atoms with Crippen molar-refractivity contribution in [3.63, 3.8) is 0 Å². The molecular weight excluding hydrogens is 306 g/mol. The zero-order chi connectivity index (χ0) is 15.6. The lowest BCUT2D eigenvalue weighted by Crippen LogP contribution is -2.26. The Morgan fingerprint density at radius 1 is 1.48 bits per heavy atom. The predicted molar refractivity (Wildman–Crippen MR) is 87.9 cm³/mol. The maximum atomic E-state index is 12.4. The van der Waals surface area contributed by atoms with Crippen LogP contribution in [-0.4, -0.2) is 33.9 Å². The number of anilines is 2. The second-order valence-corrected chi connectivity index (χ2v) is 7.11. The van der Waals surface area contributed by atoms with Crippen LogP contribution >= 0.6 is 22.7 Å². The molecule has 0 saturated carbocycles. The number of rotatable bonds is 5. The monoisotopic (exact) mass is 325 g/mol. The predicted octanol–water partition coefficient (Wildman–Crippen LogP) is 2.58. The molecule has 0 aliphatic heterocycles. The van der Waals surface area contributed by atoms with E-state index in [-0.39, 0.29) is 17.8 Å². The molecule has 0 fully saturated rings. The van der Waals surface area contributed by atoms with Crippen LogP contribution in [0.3, 0.4) is 0 Å². The van der Waals surface area contributed by atoms with Crippen LogP contribution in [0.2, 0.25) is 0 Å². The van der Waals surface area contributed by atoms with E-state index in [1.54, 1.807) is 23.3 Å².